The van der Waals surface area contributed by atoms with Gasteiger partial charge in [0.05, 0.1) is 4.11 Å². The molecule has 0 aliphatic rings. The second kappa shape index (κ2) is 4.59. The minimum absolute atomic E-state index is 0.472. The van der Waals surface area contributed by atoms with E-state index in [9.17, 15) is 14.2 Å². The van der Waals surface area contributed by atoms with Crippen LogP contribution in [0.15, 0.2) is 24.5 Å². The number of nitrogens with zero attached hydrogens (tertiary/aromatic N) is 1. The summed E-state index contributed by atoms with van der Waals surface area (Å²) in [6.45, 7) is 0. The van der Waals surface area contributed by atoms with E-state index in [4.69, 9.17) is 23.7 Å². The first-order chi connectivity index (χ1) is 8.81. The minimum Gasteiger partial charge on any atom is -0.367 e. The molecule has 0 fully saturated rings. The molecule has 0 unspecified atom stereocenters. The first-order valence-electron chi connectivity index (χ1n) is 5.56. The van der Waals surface area contributed by atoms with Gasteiger partial charge in [-0.15, -0.1) is 0 Å². The maximum atomic E-state index is 11.2. The Kier molecular flexibility index (Phi) is 2.79. The third-order valence-corrected chi connectivity index (χ3v) is 5.67. The molecule has 0 atom stereocenters. The third-order valence-electron chi connectivity index (χ3n) is 1.92. The molecule has 0 aliphatic carbocycles. The lowest BCUT2D eigenvalue weighted by Gasteiger charge is -2.29. The van der Waals surface area contributed by atoms with Crippen molar-refractivity contribution in [1.82, 2.24) is 4.98 Å². The van der Waals surface area contributed by atoms with E-state index in [1.54, 1.807) is 0 Å². The highest BCUT2D eigenvalue weighted by Gasteiger charge is 2.59. The molecule has 0 bridgehead atoms. The lowest BCUT2D eigenvalue weighted by Crippen LogP contribution is -2.31. The quantitative estimate of drug-likeness (QED) is 0.470. The first kappa shape index (κ1) is 10.3. The van der Waals surface area contributed by atoms with Gasteiger partial charge in [0.15, 0.2) is 0 Å². The van der Waals surface area contributed by atoms with E-state index in [1.807, 2.05) is 0 Å². The van der Waals surface area contributed by atoms with Gasteiger partial charge < -0.3 is 24.7 Å². The summed E-state index contributed by atoms with van der Waals surface area (Å²) >= 11 is 0. The molecular formula is C7H11NO7P2. The summed E-state index contributed by atoms with van der Waals surface area (Å²) < 4.78 is 44.2. The van der Waals surface area contributed by atoms with Crippen LogP contribution in [0.5, 0.6) is 0 Å². The Hall–Kier alpha value is -0.590. The van der Waals surface area contributed by atoms with Crippen molar-refractivity contribution in [2.24, 2.45) is 0 Å². The van der Waals surface area contributed by atoms with Crippen molar-refractivity contribution >= 4 is 15.2 Å². The molecule has 1 heterocycles. The van der Waals surface area contributed by atoms with Crippen LogP contribution in [0.3, 0.4) is 0 Å². The zero-order valence-corrected chi connectivity index (χ0v) is 9.97. The molecule has 0 saturated carbocycles. The van der Waals surface area contributed by atoms with Crippen molar-refractivity contribution in [3.05, 3.63) is 30.0 Å². The Bertz CT molecular complexity index is 605. The molecule has 17 heavy (non-hydrogen) atoms. The van der Waals surface area contributed by atoms with E-state index in [2.05, 4.69) is 4.98 Å². The van der Waals surface area contributed by atoms with Crippen LogP contribution in [0.1, 0.15) is 9.68 Å². The van der Waals surface area contributed by atoms with E-state index < -0.39 is 50.5 Å². The van der Waals surface area contributed by atoms with Crippen LogP contribution in [0.25, 0.3) is 0 Å². The molecule has 0 aliphatic heterocycles. The van der Waals surface area contributed by atoms with Crippen molar-refractivity contribution in [2.75, 3.05) is 0 Å². The molecule has 0 aromatic carbocycles. The van der Waals surface area contributed by atoms with Gasteiger partial charge in [-0.2, -0.15) is 0 Å². The third kappa shape index (κ3) is 3.00. The number of hydrogen-bond donors (Lipinski definition) is 5. The number of hydrogen-bond acceptors (Lipinski definition) is 4. The summed E-state index contributed by atoms with van der Waals surface area (Å²) in [5.74, 6) is 0. The van der Waals surface area contributed by atoms with Gasteiger partial charge in [-0.1, -0.05) is 6.04 Å². The molecule has 0 amide bonds. The fraction of sp³-hybridized carbons (Fsp3) is 0.286. The van der Waals surface area contributed by atoms with Gasteiger partial charge in [0.2, 0.25) is 0 Å². The van der Waals surface area contributed by atoms with Crippen LogP contribution in [-0.2, 0) is 15.6 Å². The van der Waals surface area contributed by atoms with E-state index in [0.29, 0.717) is 0 Å². The lowest BCUT2D eigenvalue weighted by atomic mass is 10.2. The second-order valence-electron chi connectivity index (χ2n) is 3.18. The summed E-state index contributed by atoms with van der Waals surface area (Å²) in [5.41, 5.74) is -0.472. The van der Waals surface area contributed by atoms with Crippen LogP contribution >= 0.6 is 15.2 Å². The predicted molar refractivity (Wildman–Crippen MR) is 57.0 cm³/mol. The Morgan fingerprint density at radius 3 is 2.29 bits per heavy atom. The maximum Gasteiger partial charge on any atom is 0.369 e. The van der Waals surface area contributed by atoms with Gasteiger partial charge in [-0.3, -0.25) is 14.1 Å². The molecule has 1 aromatic rings. The molecule has 8 nitrogen and oxygen atoms in total. The van der Waals surface area contributed by atoms with Gasteiger partial charge >= 0.3 is 15.2 Å². The largest absolute Gasteiger partial charge is 0.369 e. The average molecular weight is 286 g/mol. The number of aliphatic hydroxyl groups is 1. The standard InChI is InChI=1S/C7H11NO7P2/c9-7(16(10,11)12,17(13,14)15)4-6-2-1-3-8-5-6/h1-3,5,9H,4H2,(H2,10,11,12)(H2,13,14,15)/i1D,2D,3D. The van der Waals surface area contributed by atoms with Crippen molar-refractivity contribution < 1.29 is 37.9 Å². The Morgan fingerprint density at radius 2 is 1.82 bits per heavy atom. The fourth-order valence-corrected chi connectivity index (χ4v) is 3.11. The molecule has 1 rings (SSSR count). The van der Waals surface area contributed by atoms with Crippen LogP contribution in [0.2, 0.25) is 0 Å². The van der Waals surface area contributed by atoms with Crippen molar-refractivity contribution in [1.29, 1.82) is 0 Å². The highest BCUT2D eigenvalue weighted by Crippen LogP contribution is 2.68. The molecule has 96 valence electrons. The summed E-state index contributed by atoms with van der Waals surface area (Å²) in [5, 5.41) is 5.96. The van der Waals surface area contributed by atoms with Gasteiger partial charge in [0, 0.05) is 18.8 Å². The summed E-state index contributed by atoms with van der Waals surface area (Å²) in [6.07, 6.45) is -1.12. The molecular weight excluding hydrogens is 272 g/mol. The zero-order chi connectivity index (χ0) is 15.9. The topological polar surface area (TPSA) is 148 Å². The maximum absolute atomic E-state index is 11.2. The molecule has 5 N–H and O–H groups in total. The molecule has 0 spiro atoms. The van der Waals surface area contributed by atoms with E-state index in [0.717, 1.165) is 6.20 Å². The van der Waals surface area contributed by atoms with E-state index in [-0.39, 0.29) is 0 Å². The monoisotopic (exact) mass is 286 g/mol. The molecule has 0 saturated heterocycles. The fourth-order valence-electron chi connectivity index (χ4n) is 1.00. The highest BCUT2D eigenvalue weighted by molar-refractivity contribution is 7.72. The van der Waals surface area contributed by atoms with Crippen LogP contribution < -0.4 is 0 Å². The van der Waals surface area contributed by atoms with Gasteiger partial charge in [0.1, 0.15) is 0 Å². The number of aromatic nitrogens is 1. The van der Waals surface area contributed by atoms with Crippen molar-refractivity contribution in [3.63, 3.8) is 0 Å². The summed E-state index contributed by atoms with van der Waals surface area (Å²) in [4.78, 5) is 39.1. The summed E-state index contributed by atoms with van der Waals surface area (Å²) in [6, 6.07) is -1.40. The lowest BCUT2D eigenvalue weighted by molar-refractivity contribution is 0.131. The second-order valence-corrected chi connectivity index (χ2v) is 7.19. The van der Waals surface area contributed by atoms with Crippen molar-refractivity contribution in [3.8, 4) is 0 Å². The molecule has 10 heteroatoms. The Balaban J connectivity index is 3.41. The molecule has 1 aromatic heterocycles. The Morgan fingerprint density at radius 1 is 1.29 bits per heavy atom. The number of pyridine rings is 1. The SMILES string of the molecule is [2H]c1ncc(CC(O)(P(=O)(O)O)P(=O)(O)O)c([2H])c1[2H]. The van der Waals surface area contributed by atoms with Crippen LogP contribution in [0.4, 0.5) is 0 Å². The van der Waals surface area contributed by atoms with Crippen molar-refractivity contribution in [2.45, 2.75) is 11.5 Å². The van der Waals surface area contributed by atoms with Crippen LogP contribution in [0, 0.1) is 0 Å². The van der Waals surface area contributed by atoms with E-state index in [1.165, 1.54) is 0 Å². The molecule has 0 radical (unpaired) electrons. The van der Waals surface area contributed by atoms with Crippen LogP contribution in [-0.4, -0.2) is 34.7 Å². The van der Waals surface area contributed by atoms with Gasteiger partial charge in [-0.25, -0.2) is 0 Å². The van der Waals surface area contributed by atoms with E-state index >= 15 is 0 Å². The smallest absolute Gasteiger partial charge is 0.367 e. The predicted octanol–water partition coefficient (Wildman–Crippen LogP) is -0.374. The normalized spacial score (nSPS) is 16.2. The number of rotatable bonds is 4. The van der Waals surface area contributed by atoms with Gasteiger partial charge in [-0.05, 0) is 11.6 Å². The zero-order valence-electron chi connectivity index (χ0n) is 11.2. The minimum atomic E-state index is -5.65. The summed E-state index contributed by atoms with van der Waals surface area (Å²) in [7, 11) is -11.3. The first-order valence-corrected chi connectivity index (χ1v) is 7.29. The average Bonchev–Trinajstić information content (AvgIpc) is 2.27. The highest BCUT2D eigenvalue weighted by atomic mass is 31.2. The van der Waals surface area contributed by atoms with Gasteiger partial charge in [0.25, 0.3) is 5.08 Å². The Labute approximate surface area is 100 Å².